The molecule has 8 heteroatoms. The Morgan fingerprint density at radius 3 is 2.75 bits per heavy atom. The lowest BCUT2D eigenvalue weighted by Gasteiger charge is -2.35. The molecule has 3 aromatic heterocycles. The zero-order valence-electron chi connectivity index (χ0n) is 17.6. The van der Waals surface area contributed by atoms with Gasteiger partial charge >= 0.3 is 0 Å². The number of rotatable bonds is 4. The van der Waals surface area contributed by atoms with E-state index in [9.17, 15) is 4.79 Å². The van der Waals surface area contributed by atoms with Gasteiger partial charge < -0.3 is 9.64 Å². The minimum absolute atomic E-state index is 0.137. The number of pyridine rings is 1. The highest BCUT2D eigenvalue weighted by Gasteiger charge is 2.27. The molecule has 0 saturated carbocycles. The third-order valence-electron chi connectivity index (χ3n) is 5.59. The molecule has 1 unspecified atom stereocenters. The average Bonchev–Trinajstić information content (AvgIpc) is 2.87. The molecule has 0 spiro atoms. The fraction of sp³-hybridized carbons (Fsp3) is 0.208. The second-order valence-corrected chi connectivity index (χ2v) is 7.57. The van der Waals surface area contributed by atoms with Crippen LogP contribution < -0.4 is 10.5 Å². The van der Waals surface area contributed by atoms with E-state index in [0.29, 0.717) is 37.0 Å². The van der Waals surface area contributed by atoms with Gasteiger partial charge in [-0.2, -0.15) is 0 Å². The Labute approximate surface area is 185 Å². The predicted molar refractivity (Wildman–Crippen MR) is 121 cm³/mol. The minimum Gasteiger partial charge on any atom is -0.370 e. The lowest BCUT2D eigenvalue weighted by Crippen LogP contribution is -2.41. The molecular weight excluding hydrogens is 404 g/mol. The van der Waals surface area contributed by atoms with Gasteiger partial charge in [0.2, 0.25) is 5.95 Å². The number of benzene rings is 1. The van der Waals surface area contributed by atoms with Crippen LogP contribution in [0.4, 0.5) is 5.95 Å². The summed E-state index contributed by atoms with van der Waals surface area (Å²) in [6, 6.07) is 15.4. The molecule has 4 heterocycles. The van der Waals surface area contributed by atoms with Gasteiger partial charge in [-0.25, -0.2) is 15.0 Å². The van der Waals surface area contributed by atoms with E-state index in [0.717, 1.165) is 16.7 Å². The van der Waals surface area contributed by atoms with E-state index in [1.807, 2.05) is 30.5 Å². The topological polar surface area (TPSA) is 86.0 Å². The summed E-state index contributed by atoms with van der Waals surface area (Å²) in [6.07, 6.45) is 6.55. The number of nitrogens with zero attached hydrogens (tertiary/aromatic N) is 6. The quantitative estimate of drug-likeness (QED) is 0.496. The number of morpholine rings is 1. The molecular formula is C24H22N6O2. The molecule has 1 atom stereocenters. The molecule has 1 aliphatic rings. The summed E-state index contributed by atoms with van der Waals surface area (Å²) >= 11 is 0. The van der Waals surface area contributed by atoms with Gasteiger partial charge in [0.1, 0.15) is 12.4 Å². The van der Waals surface area contributed by atoms with Crippen LogP contribution >= 0.6 is 0 Å². The van der Waals surface area contributed by atoms with Crippen LogP contribution in [-0.2, 0) is 11.8 Å². The molecule has 1 aliphatic heterocycles. The van der Waals surface area contributed by atoms with Crippen LogP contribution in [0.15, 0.2) is 78.2 Å². The fourth-order valence-corrected chi connectivity index (χ4v) is 3.97. The maximum absolute atomic E-state index is 12.7. The van der Waals surface area contributed by atoms with Crippen molar-refractivity contribution in [2.24, 2.45) is 7.05 Å². The first-order chi connectivity index (χ1) is 15.7. The van der Waals surface area contributed by atoms with Crippen molar-refractivity contribution in [2.45, 2.75) is 6.10 Å². The maximum atomic E-state index is 12.7. The molecule has 1 aromatic carbocycles. The van der Waals surface area contributed by atoms with Crippen molar-refractivity contribution in [3.8, 4) is 22.5 Å². The molecule has 1 fully saturated rings. The van der Waals surface area contributed by atoms with E-state index in [4.69, 9.17) is 9.72 Å². The summed E-state index contributed by atoms with van der Waals surface area (Å²) in [6.45, 7) is 1.74. The summed E-state index contributed by atoms with van der Waals surface area (Å²) in [5.41, 5.74) is 4.23. The Kier molecular flexibility index (Phi) is 5.43. The van der Waals surface area contributed by atoms with Gasteiger partial charge in [0.15, 0.2) is 0 Å². The van der Waals surface area contributed by atoms with E-state index in [-0.39, 0.29) is 11.7 Å². The van der Waals surface area contributed by atoms with Crippen molar-refractivity contribution in [3.05, 3.63) is 89.4 Å². The average molecular weight is 426 g/mol. The monoisotopic (exact) mass is 426 g/mol. The van der Waals surface area contributed by atoms with Crippen molar-refractivity contribution in [1.82, 2.24) is 24.5 Å². The first-order valence-corrected chi connectivity index (χ1v) is 10.4. The van der Waals surface area contributed by atoms with Crippen LogP contribution in [0.2, 0.25) is 0 Å². The second-order valence-electron chi connectivity index (χ2n) is 7.57. The third-order valence-corrected chi connectivity index (χ3v) is 5.59. The fourth-order valence-electron chi connectivity index (χ4n) is 3.97. The van der Waals surface area contributed by atoms with Crippen LogP contribution in [-0.4, -0.2) is 44.2 Å². The highest BCUT2D eigenvalue weighted by molar-refractivity contribution is 5.67. The zero-order chi connectivity index (χ0) is 21.9. The maximum Gasteiger partial charge on any atom is 0.255 e. The first kappa shape index (κ1) is 20.0. The van der Waals surface area contributed by atoms with E-state index in [1.165, 1.54) is 12.4 Å². The minimum atomic E-state index is -0.167. The Morgan fingerprint density at radius 2 is 1.94 bits per heavy atom. The van der Waals surface area contributed by atoms with Gasteiger partial charge in [0.05, 0.1) is 24.5 Å². The van der Waals surface area contributed by atoms with Gasteiger partial charge in [-0.05, 0) is 23.3 Å². The molecule has 4 aromatic rings. The highest BCUT2D eigenvalue weighted by atomic mass is 16.5. The third kappa shape index (κ3) is 3.88. The van der Waals surface area contributed by atoms with E-state index < -0.39 is 0 Å². The Bertz CT molecular complexity index is 1280. The van der Waals surface area contributed by atoms with E-state index in [1.54, 1.807) is 30.1 Å². The highest BCUT2D eigenvalue weighted by Crippen LogP contribution is 2.32. The summed E-state index contributed by atoms with van der Waals surface area (Å²) in [5.74, 6) is 0.596. The van der Waals surface area contributed by atoms with Crippen molar-refractivity contribution in [3.63, 3.8) is 0 Å². The predicted octanol–water partition coefficient (Wildman–Crippen LogP) is 2.88. The van der Waals surface area contributed by atoms with Crippen molar-refractivity contribution in [1.29, 1.82) is 0 Å². The summed E-state index contributed by atoms with van der Waals surface area (Å²) in [7, 11) is 1.74. The molecule has 160 valence electrons. The second kappa shape index (κ2) is 8.68. The van der Waals surface area contributed by atoms with Crippen molar-refractivity contribution < 1.29 is 4.74 Å². The lowest BCUT2D eigenvalue weighted by atomic mass is 9.96. The van der Waals surface area contributed by atoms with Crippen LogP contribution in [0.25, 0.3) is 22.5 Å². The van der Waals surface area contributed by atoms with E-state index >= 15 is 0 Å². The van der Waals surface area contributed by atoms with Gasteiger partial charge in [0, 0.05) is 43.8 Å². The lowest BCUT2D eigenvalue weighted by molar-refractivity contribution is 0.0393. The number of anilines is 1. The molecule has 0 aliphatic carbocycles. The molecule has 32 heavy (non-hydrogen) atoms. The van der Waals surface area contributed by atoms with Gasteiger partial charge in [-0.1, -0.05) is 30.3 Å². The Balaban J connectivity index is 1.50. The van der Waals surface area contributed by atoms with Crippen molar-refractivity contribution in [2.75, 3.05) is 24.6 Å². The first-order valence-electron chi connectivity index (χ1n) is 10.4. The number of hydrogen-bond donors (Lipinski definition) is 0. The van der Waals surface area contributed by atoms with Gasteiger partial charge in [-0.15, -0.1) is 0 Å². The van der Waals surface area contributed by atoms with E-state index in [2.05, 4.69) is 32.0 Å². The van der Waals surface area contributed by atoms with Crippen LogP contribution in [0.1, 0.15) is 11.7 Å². The molecule has 1 saturated heterocycles. The molecule has 5 rings (SSSR count). The normalized spacial score (nSPS) is 16.2. The SMILES string of the molecule is Cn1c(N2CCOC(c3ccccc3-c3cccnc3)C2)nc(-c2ccncn2)cc1=O. The summed E-state index contributed by atoms with van der Waals surface area (Å²) in [5, 5.41) is 0. The van der Waals surface area contributed by atoms with Gasteiger partial charge in [-0.3, -0.25) is 14.3 Å². The standard InChI is InChI=1S/C24H22N6O2/c1-29-23(31)13-21(20-8-10-26-16-27-20)28-24(29)30-11-12-32-22(15-30)19-7-3-2-6-18(19)17-5-4-9-25-14-17/h2-10,13-14,16,22H,11-12,15H2,1H3. The molecule has 0 radical (unpaired) electrons. The van der Waals surface area contributed by atoms with Crippen LogP contribution in [0.3, 0.4) is 0 Å². The van der Waals surface area contributed by atoms with Gasteiger partial charge in [0.25, 0.3) is 5.56 Å². The Hall–Kier alpha value is -3.91. The Morgan fingerprint density at radius 1 is 1.03 bits per heavy atom. The molecule has 0 amide bonds. The van der Waals surface area contributed by atoms with Crippen molar-refractivity contribution >= 4 is 5.95 Å². The van der Waals surface area contributed by atoms with Crippen LogP contribution in [0.5, 0.6) is 0 Å². The number of ether oxygens (including phenoxy) is 1. The number of hydrogen-bond acceptors (Lipinski definition) is 7. The number of aromatic nitrogens is 5. The van der Waals surface area contributed by atoms with Crippen LogP contribution in [0, 0.1) is 0 Å². The molecule has 0 bridgehead atoms. The molecule has 8 nitrogen and oxygen atoms in total. The summed E-state index contributed by atoms with van der Waals surface area (Å²) in [4.78, 5) is 32.0. The zero-order valence-corrected chi connectivity index (χ0v) is 17.6. The molecule has 0 N–H and O–H groups in total. The largest absolute Gasteiger partial charge is 0.370 e. The summed E-state index contributed by atoms with van der Waals surface area (Å²) < 4.78 is 7.73. The smallest absolute Gasteiger partial charge is 0.255 e.